The number of amidine groups is 1. The van der Waals surface area contributed by atoms with Crippen molar-refractivity contribution in [3.8, 4) is 0 Å². The van der Waals surface area contributed by atoms with Gasteiger partial charge in [0.25, 0.3) is 0 Å². The van der Waals surface area contributed by atoms with E-state index in [2.05, 4.69) is 22.0 Å². The fourth-order valence-corrected chi connectivity index (χ4v) is 2.81. The van der Waals surface area contributed by atoms with E-state index in [9.17, 15) is 0 Å². The summed E-state index contributed by atoms with van der Waals surface area (Å²) < 4.78 is 0.949. The van der Waals surface area contributed by atoms with E-state index in [-0.39, 0.29) is 0 Å². The first kappa shape index (κ1) is 11.8. The molecule has 4 heteroatoms. The second-order valence-electron chi connectivity index (χ2n) is 4.19. The summed E-state index contributed by atoms with van der Waals surface area (Å²) in [4.78, 5) is 1.96. The Morgan fingerprint density at radius 2 is 1.94 bits per heavy atom. The summed E-state index contributed by atoms with van der Waals surface area (Å²) in [7, 11) is 0. The SMILES string of the molecule is N=C1c2ccccc2CN1c1cc(Cl)ccc1Br. The molecule has 1 N–H and O–H groups in total. The predicted octanol–water partition coefficient (Wildman–Crippen LogP) is 4.45. The van der Waals surface area contributed by atoms with Gasteiger partial charge in [-0.1, -0.05) is 35.9 Å². The van der Waals surface area contributed by atoms with Gasteiger partial charge in [0.05, 0.1) is 12.2 Å². The molecule has 0 radical (unpaired) electrons. The number of nitrogens with zero attached hydrogens (tertiary/aromatic N) is 1. The molecule has 0 spiro atoms. The molecule has 90 valence electrons. The van der Waals surface area contributed by atoms with Crippen LogP contribution in [0.5, 0.6) is 0 Å². The Bertz CT molecular complexity index is 639. The van der Waals surface area contributed by atoms with Crippen molar-refractivity contribution >= 4 is 39.1 Å². The van der Waals surface area contributed by atoms with E-state index >= 15 is 0 Å². The highest BCUT2D eigenvalue weighted by Crippen LogP contribution is 2.34. The lowest BCUT2D eigenvalue weighted by molar-refractivity contribution is 1.04. The Balaban J connectivity index is 2.06. The van der Waals surface area contributed by atoms with Gasteiger partial charge < -0.3 is 4.90 Å². The van der Waals surface area contributed by atoms with Gasteiger partial charge in [0, 0.05) is 15.1 Å². The zero-order chi connectivity index (χ0) is 12.7. The van der Waals surface area contributed by atoms with Gasteiger partial charge in [0.2, 0.25) is 0 Å². The highest BCUT2D eigenvalue weighted by molar-refractivity contribution is 9.10. The van der Waals surface area contributed by atoms with Crippen LogP contribution in [0.4, 0.5) is 5.69 Å². The molecule has 1 heterocycles. The number of hydrogen-bond acceptors (Lipinski definition) is 1. The quantitative estimate of drug-likeness (QED) is 0.825. The molecule has 2 aromatic carbocycles. The fourth-order valence-electron chi connectivity index (χ4n) is 2.18. The average Bonchev–Trinajstić information content (AvgIpc) is 2.71. The molecule has 18 heavy (non-hydrogen) atoms. The first-order chi connectivity index (χ1) is 8.66. The summed E-state index contributed by atoms with van der Waals surface area (Å²) >= 11 is 9.55. The number of fused-ring (bicyclic) bond motifs is 1. The van der Waals surface area contributed by atoms with Crippen LogP contribution in [0, 0.1) is 5.41 Å². The van der Waals surface area contributed by atoms with Gasteiger partial charge in [-0.15, -0.1) is 0 Å². The third kappa shape index (κ3) is 1.84. The van der Waals surface area contributed by atoms with Gasteiger partial charge in [-0.3, -0.25) is 5.41 Å². The zero-order valence-electron chi connectivity index (χ0n) is 9.45. The summed E-state index contributed by atoms with van der Waals surface area (Å²) in [6, 6.07) is 13.6. The van der Waals surface area contributed by atoms with Gasteiger partial charge in [0.1, 0.15) is 5.84 Å². The summed E-state index contributed by atoms with van der Waals surface area (Å²) in [6.07, 6.45) is 0. The van der Waals surface area contributed by atoms with E-state index < -0.39 is 0 Å². The maximum absolute atomic E-state index is 8.25. The fraction of sp³-hybridized carbons (Fsp3) is 0.0714. The maximum atomic E-state index is 8.25. The Labute approximate surface area is 119 Å². The van der Waals surface area contributed by atoms with Gasteiger partial charge >= 0.3 is 0 Å². The Hall–Kier alpha value is -1.32. The average molecular weight is 322 g/mol. The molecule has 0 saturated heterocycles. The Kier molecular flexibility index (Phi) is 2.88. The van der Waals surface area contributed by atoms with Gasteiger partial charge in [-0.25, -0.2) is 0 Å². The molecule has 1 aliphatic heterocycles. The van der Waals surface area contributed by atoms with Gasteiger partial charge in [-0.05, 0) is 39.7 Å². The molecule has 0 aliphatic carbocycles. The van der Waals surface area contributed by atoms with Crippen LogP contribution in [0.3, 0.4) is 0 Å². The molecular formula is C14H10BrClN2. The van der Waals surface area contributed by atoms with Crippen molar-refractivity contribution in [2.75, 3.05) is 4.90 Å². The molecule has 0 unspecified atom stereocenters. The number of rotatable bonds is 1. The van der Waals surface area contributed by atoms with Crippen molar-refractivity contribution in [2.24, 2.45) is 0 Å². The van der Waals surface area contributed by atoms with E-state index in [1.54, 1.807) is 0 Å². The van der Waals surface area contributed by atoms with Crippen LogP contribution in [-0.2, 0) is 6.54 Å². The second-order valence-corrected chi connectivity index (χ2v) is 5.48. The van der Waals surface area contributed by atoms with Gasteiger partial charge in [-0.2, -0.15) is 0 Å². The number of benzene rings is 2. The minimum absolute atomic E-state index is 0.522. The molecule has 0 atom stereocenters. The number of nitrogens with one attached hydrogen (secondary N) is 1. The van der Waals surface area contributed by atoms with Crippen molar-refractivity contribution in [2.45, 2.75) is 6.54 Å². The Morgan fingerprint density at radius 1 is 1.17 bits per heavy atom. The van der Waals surface area contributed by atoms with Crippen LogP contribution < -0.4 is 4.90 Å². The largest absolute Gasteiger partial charge is 0.321 e. The highest BCUT2D eigenvalue weighted by atomic mass is 79.9. The zero-order valence-corrected chi connectivity index (χ0v) is 11.8. The van der Waals surface area contributed by atoms with Crippen LogP contribution in [0.15, 0.2) is 46.9 Å². The van der Waals surface area contributed by atoms with Crippen LogP contribution in [0.25, 0.3) is 0 Å². The summed E-state index contributed by atoms with van der Waals surface area (Å²) in [5.41, 5.74) is 3.10. The lowest BCUT2D eigenvalue weighted by Gasteiger charge is -2.19. The van der Waals surface area contributed by atoms with Crippen LogP contribution in [-0.4, -0.2) is 5.84 Å². The Morgan fingerprint density at radius 3 is 2.72 bits per heavy atom. The standard InChI is InChI=1S/C14H10BrClN2/c15-12-6-5-10(16)7-13(12)18-8-9-3-1-2-4-11(9)14(18)17/h1-7,17H,8H2. The molecule has 2 nitrogen and oxygen atoms in total. The van der Waals surface area contributed by atoms with Crippen LogP contribution in [0.1, 0.15) is 11.1 Å². The number of halogens is 2. The topological polar surface area (TPSA) is 27.1 Å². The third-order valence-electron chi connectivity index (χ3n) is 3.07. The minimum Gasteiger partial charge on any atom is -0.321 e. The molecule has 0 saturated carbocycles. The molecule has 1 aliphatic rings. The number of hydrogen-bond donors (Lipinski definition) is 1. The van der Waals surface area contributed by atoms with Crippen molar-refractivity contribution < 1.29 is 0 Å². The van der Waals surface area contributed by atoms with E-state index in [0.29, 0.717) is 17.4 Å². The molecule has 0 amide bonds. The smallest absolute Gasteiger partial charge is 0.133 e. The van der Waals surface area contributed by atoms with E-state index in [0.717, 1.165) is 15.7 Å². The van der Waals surface area contributed by atoms with Crippen molar-refractivity contribution in [3.05, 3.63) is 63.1 Å². The summed E-state index contributed by atoms with van der Waals surface area (Å²) in [5.74, 6) is 0.522. The predicted molar refractivity (Wildman–Crippen MR) is 78.6 cm³/mol. The first-order valence-corrected chi connectivity index (χ1v) is 6.73. The minimum atomic E-state index is 0.522. The highest BCUT2D eigenvalue weighted by Gasteiger charge is 2.26. The van der Waals surface area contributed by atoms with E-state index in [1.807, 2.05) is 41.3 Å². The van der Waals surface area contributed by atoms with Gasteiger partial charge in [0.15, 0.2) is 0 Å². The number of anilines is 1. The monoisotopic (exact) mass is 320 g/mol. The van der Waals surface area contributed by atoms with Crippen LogP contribution >= 0.6 is 27.5 Å². The first-order valence-electron chi connectivity index (χ1n) is 5.56. The third-order valence-corrected chi connectivity index (χ3v) is 3.98. The molecule has 0 bridgehead atoms. The van der Waals surface area contributed by atoms with E-state index in [4.69, 9.17) is 17.0 Å². The molecule has 2 aromatic rings. The van der Waals surface area contributed by atoms with Crippen LogP contribution in [0.2, 0.25) is 5.02 Å². The summed E-state index contributed by atoms with van der Waals surface area (Å²) in [5, 5.41) is 8.93. The molecule has 3 rings (SSSR count). The molecule has 0 aromatic heterocycles. The maximum Gasteiger partial charge on any atom is 0.133 e. The van der Waals surface area contributed by atoms with E-state index in [1.165, 1.54) is 5.56 Å². The second kappa shape index (κ2) is 4.41. The molecule has 0 fully saturated rings. The lowest BCUT2D eigenvalue weighted by Crippen LogP contribution is -2.23. The van der Waals surface area contributed by atoms with Crippen molar-refractivity contribution in [1.29, 1.82) is 5.41 Å². The lowest BCUT2D eigenvalue weighted by atomic mass is 10.1. The van der Waals surface area contributed by atoms with Crippen molar-refractivity contribution in [3.63, 3.8) is 0 Å². The van der Waals surface area contributed by atoms with Crippen molar-refractivity contribution in [1.82, 2.24) is 0 Å². The normalized spacial score (nSPS) is 13.9. The summed E-state index contributed by atoms with van der Waals surface area (Å²) in [6.45, 7) is 0.716. The molecular weight excluding hydrogens is 312 g/mol.